The van der Waals surface area contributed by atoms with E-state index in [2.05, 4.69) is 10.2 Å². The van der Waals surface area contributed by atoms with Crippen molar-refractivity contribution in [3.63, 3.8) is 0 Å². The molecule has 1 N–H and O–H groups in total. The Morgan fingerprint density at radius 2 is 1.88 bits per heavy atom. The highest BCUT2D eigenvalue weighted by molar-refractivity contribution is 7.89. The van der Waals surface area contributed by atoms with Gasteiger partial charge in [0.2, 0.25) is 10.0 Å². The van der Waals surface area contributed by atoms with Gasteiger partial charge in [-0.05, 0) is 31.0 Å². The summed E-state index contributed by atoms with van der Waals surface area (Å²) in [5.41, 5.74) is 0.870. The summed E-state index contributed by atoms with van der Waals surface area (Å²) in [4.78, 5) is 2.57. The molecule has 1 aliphatic carbocycles. The first-order chi connectivity index (χ1) is 12.6. The van der Waals surface area contributed by atoms with E-state index in [0.29, 0.717) is 11.4 Å². The number of ether oxygens (including phenoxy) is 1. The first kappa shape index (κ1) is 19.5. The smallest absolute Gasteiger partial charge is 0.243 e. The van der Waals surface area contributed by atoms with Crippen LogP contribution in [0.5, 0.6) is 5.75 Å². The summed E-state index contributed by atoms with van der Waals surface area (Å²) in [6.45, 7) is 5.93. The number of hydrogen-bond donors (Lipinski definition) is 1. The monoisotopic (exact) mass is 381 g/mol. The largest absolute Gasteiger partial charge is 0.495 e. The van der Waals surface area contributed by atoms with Gasteiger partial charge in [0.25, 0.3) is 0 Å². The summed E-state index contributed by atoms with van der Waals surface area (Å²) in [5.74, 6) is 0.728. The van der Waals surface area contributed by atoms with Crippen LogP contribution in [0.15, 0.2) is 23.1 Å². The van der Waals surface area contributed by atoms with E-state index in [1.165, 1.54) is 6.42 Å². The molecule has 26 heavy (non-hydrogen) atoms. The van der Waals surface area contributed by atoms with Crippen LogP contribution in [0.3, 0.4) is 0 Å². The van der Waals surface area contributed by atoms with E-state index >= 15 is 0 Å². The molecule has 0 radical (unpaired) electrons. The van der Waals surface area contributed by atoms with Crippen molar-refractivity contribution in [2.45, 2.75) is 50.0 Å². The van der Waals surface area contributed by atoms with Gasteiger partial charge in [-0.3, -0.25) is 0 Å². The molecule has 0 spiro atoms. The van der Waals surface area contributed by atoms with Crippen LogP contribution < -0.4 is 15.0 Å². The van der Waals surface area contributed by atoms with E-state index in [9.17, 15) is 8.42 Å². The van der Waals surface area contributed by atoms with Gasteiger partial charge in [-0.1, -0.05) is 26.2 Å². The Balaban J connectivity index is 1.93. The summed E-state index contributed by atoms with van der Waals surface area (Å²) in [7, 11) is -1.87. The van der Waals surface area contributed by atoms with Crippen molar-refractivity contribution in [2.75, 3.05) is 44.7 Å². The molecular weight excluding hydrogens is 350 g/mol. The number of nitrogens with one attached hydrogen (secondary N) is 1. The molecule has 1 aromatic rings. The third kappa shape index (κ3) is 4.00. The van der Waals surface area contributed by atoms with Gasteiger partial charge < -0.3 is 15.0 Å². The molecule has 1 saturated carbocycles. The van der Waals surface area contributed by atoms with Crippen LogP contribution in [0, 0.1) is 0 Å². The predicted octanol–water partition coefficient (Wildman–Crippen LogP) is 2.45. The normalized spacial score (nSPS) is 19.7. The van der Waals surface area contributed by atoms with Crippen molar-refractivity contribution in [3.8, 4) is 5.75 Å². The molecule has 6 nitrogen and oxygen atoms in total. The lowest BCUT2D eigenvalue weighted by atomic mass is 9.95. The quantitative estimate of drug-likeness (QED) is 0.820. The average molecular weight is 382 g/mol. The number of benzene rings is 1. The highest BCUT2D eigenvalue weighted by Gasteiger charge is 2.32. The fraction of sp³-hybridized carbons (Fsp3) is 0.684. The first-order valence-electron chi connectivity index (χ1n) is 9.73. The fourth-order valence-corrected chi connectivity index (χ4v) is 5.83. The van der Waals surface area contributed by atoms with Gasteiger partial charge in [-0.25, -0.2) is 8.42 Å². The number of rotatable bonds is 6. The third-order valence-corrected chi connectivity index (χ3v) is 7.53. The molecule has 3 rings (SSSR count). The lowest BCUT2D eigenvalue weighted by molar-refractivity contribution is 0.261. The summed E-state index contributed by atoms with van der Waals surface area (Å²) in [6.07, 6.45) is 5.38. The number of piperazine rings is 1. The Morgan fingerprint density at radius 1 is 1.19 bits per heavy atom. The molecule has 0 unspecified atom stereocenters. The number of anilines is 1. The van der Waals surface area contributed by atoms with Crippen LogP contribution in [0.25, 0.3) is 0 Å². The Labute approximate surface area is 157 Å². The van der Waals surface area contributed by atoms with Crippen LogP contribution in [0.2, 0.25) is 0 Å². The van der Waals surface area contributed by atoms with Gasteiger partial charge in [0, 0.05) is 38.8 Å². The van der Waals surface area contributed by atoms with Crippen LogP contribution in [0.4, 0.5) is 5.69 Å². The summed E-state index contributed by atoms with van der Waals surface area (Å²) >= 11 is 0. The zero-order valence-electron chi connectivity index (χ0n) is 15.9. The Bertz CT molecular complexity index is 696. The van der Waals surface area contributed by atoms with E-state index in [4.69, 9.17) is 4.74 Å². The SMILES string of the molecule is CCN(C1CCCCC1)S(=O)(=O)c1ccc(OC)c(N2CCNCC2)c1. The zero-order valence-corrected chi connectivity index (χ0v) is 16.7. The Morgan fingerprint density at radius 3 is 2.50 bits per heavy atom. The van der Waals surface area contributed by atoms with Gasteiger partial charge in [0.05, 0.1) is 17.7 Å². The molecule has 0 atom stereocenters. The van der Waals surface area contributed by atoms with Gasteiger partial charge in [-0.2, -0.15) is 4.31 Å². The van der Waals surface area contributed by atoms with Crippen LogP contribution in [0.1, 0.15) is 39.0 Å². The zero-order chi connectivity index (χ0) is 18.6. The average Bonchev–Trinajstić information content (AvgIpc) is 2.69. The van der Waals surface area contributed by atoms with Gasteiger partial charge in [0.15, 0.2) is 0 Å². The molecule has 7 heteroatoms. The number of sulfonamides is 1. The minimum atomic E-state index is -3.50. The standard InChI is InChI=1S/C19H31N3O3S/c1-3-22(16-7-5-4-6-8-16)26(23,24)17-9-10-19(25-2)18(15-17)21-13-11-20-12-14-21/h9-10,15-16,20H,3-8,11-14H2,1-2H3. The maximum atomic E-state index is 13.4. The second-order valence-electron chi connectivity index (χ2n) is 7.07. The van der Waals surface area contributed by atoms with Crippen LogP contribution in [-0.2, 0) is 10.0 Å². The minimum absolute atomic E-state index is 0.128. The number of nitrogens with zero attached hydrogens (tertiary/aromatic N) is 2. The van der Waals surface area contributed by atoms with Gasteiger partial charge in [0.1, 0.15) is 5.75 Å². The molecular formula is C19H31N3O3S. The molecule has 2 aliphatic rings. The molecule has 2 fully saturated rings. The predicted molar refractivity (Wildman–Crippen MR) is 105 cm³/mol. The molecule has 146 valence electrons. The lowest BCUT2D eigenvalue weighted by Crippen LogP contribution is -2.44. The molecule has 1 aliphatic heterocycles. The molecule has 0 amide bonds. The lowest BCUT2D eigenvalue weighted by Gasteiger charge is -2.34. The van der Waals surface area contributed by atoms with Crippen molar-refractivity contribution < 1.29 is 13.2 Å². The van der Waals surface area contributed by atoms with Gasteiger partial charge >= 0.3 is 0 Å². The number of methoxy groups -OCH3 is 1. The second-order valence-corrected chi connectivity index (χ2v) is 8.96. The van der Waals surface area contributed by atoms with Crippen LogP contribution >= 0.6 is 0 Å². The maximum absolute atomic E-state index is 13.4. The van der Waals surface area contributed by atoms with Crippen LogP contribution in [-0.4, -0.2) is 58.6 Å². The third-order valence-electron chi connectivity index (χ3n) is 5.51. The van der Waals surface area contributed by atoms with Crippen molar-refractivity contribution in [1.29, 1.82) is 0 Å². The Kier molecular flexibility index (Phi) is 6.42. The highest BCUT2D eigenvalue weighted by atomic mass is 32.2. The Hall–Kier alpha value is -1.31. The van der Waals surface area contributed by atoms with E-state index in [0.717, 1.165) is 63.3 Å². The van der Waals surface area contributed by atoms with E-state index in [-0.39, 0.29) is 6.04 Å². The molecule has 1 saturated heterocycles. The van der Waals surface area contributed by atoms with Gasteiger partial charge in [-0.15, -0.1) is 0 Å². The summed E-state index contributed by atoms with van der Waals surface area (Å²) in [5, 5.41) is 3.33. The fourth-order valence-electron chi connectivity index (χ4n) is 4.11. The maximum Gasteiger partial charge on any atom is 0.243 e. The van der Waals surface area contributed by atoms with Crippen molar-refractivity contribution in [1.82, 2.24) is 9.62 Å². The van der Waals surface area contributed by atoms with E-state index in [1.807, 2.05) is 6.92 Å². The summed E-state index contributed by atoms with van der Waals surface area (Å²) in [6, 6.07) is 5.40. The first-order valence-corrected chi connectivity index (χ1v) is 11.2. The summed E-state index contributed by atoms with van der Waals surface area (Å²) < 4.78 is 33.9. The van der Waals surface area contributed by atoms with E-state index in [1.54, 1.807) is 29.6 Å². The van der Waals surface area contributed by atoms with Crippen molar-refractivity contribution >= 4 is 15.7 Å². The van der Waals surface area contributed by atoms with Crippen molar-refractivity contribution in [2.24, 2.45) is 0 Å². The molecule has 1 aromatic carbocycles. The molecule has 0 aromatic heterocycles. The second kappa shape index (κ2) is 8.59. The number of hydrogen-bond acceptors (Lipinski definition) is 5. The van der Waals surface area contributed by atoms with Crippen molar-refractivity contribution in [3.05, 3.63) is 18.2 Å². The highest BCUT2D eigenvalue weighted by Crippen LogP contribution is 2.34. The minimum Gasteiger partial charge on any atom is -0.495 e. The van der Waals surface area contributed by atoms with E-state index < -0.39 is 10.0 Å². The topological polar surface area (TPSA) is 61.9 Å². The molecule has 1 heterocycles. The molecule has 0 bridgehead atoms.